The van der Waals surface area contributed by atoms with Gasteiger partial charge in [0.2, 0.25) is 0 Å². The van der Waals surface area contributed by atoms with Gasteiger partial charge in [-0.2, -0.15) is 0 Å². The number of anilines is 2. The zero-order valence-corrected chi connectivity index (χ0v) is 12.9. The second-order valence-corrected chi connectivity index (χ2v) is 5.32. The van der Waals surface area contributed by atoms with Crippen molar-refractivity contribution in [3.8, 4) is 0 Å². The lowest BCUT2D eigenvalue weighted by Gasteiger charge is -2.19. The summed E-state index contributed by atoms with van der Waals surface area (Å²) in [5.41, 5.74) is 3.08. The van der Waals surface area contributed by atoms with Crippen LogP contribution in [-0.2, 0) is 6.54 Å². The first-order valence-electron chi connectivity index (χ1n) is 7.42. The highest BCUT2D eigenvalue weighted by Gasteiger charge is 2.09. The number of hydrogen-bond acceptors (Lipinski definition) is 3. The Bertz CT molecular complexity index is 750. The molecular weight excluding hydrogens is 288 g/mol. The third kappa shape index (κ3) is 3.80. The molecule has 0 fully saturated rings. The number of carbonyl (C=O) groups is 1. The Balaban J connectivity index is 1.63. The Morgan fingerprint density at radius 2 is 1.74 bits per heavy atom. The third-order valence-electron chi connectivity index (χ3n) is 3.57. The van der Waals surface area contributed by atoms with Gasteiger partial charge in [0, 0.05) is 25.0 Å². The maximum Gasteiger partial charge on any atom is 0.291 e. The molecule has 0 unspecified atom stereocenters. The molecular formula is C19H18N2O2. The molecule has 4 nitrogen and oxygen atoms in total. The van der Waals surface area contributed by atoms with Crippen molar-refractivity contribution in [2.45, 2.75) is 6.54 Å². The molecule has 0 saturated heterocycles. The number of furan rings is 1. The highest BCUT2D eigenvalue weighted by Crippen LogP contribution is 2.19. The van der Waals surface area contributed by atoms with E-state index < -0.39 is 0 Å². The second kappa shape index (κ2) is 6.83. The fourth-order valence-electron chi connectivity index (χ4n) is 2.35. The van der Waals surface area contributed by atoms with Gasteiger partial charge in [0.25, 0.3) is 5.91 Å². The SMILES string of the molecule is CN(Cc1ccccc1)c1ccc(NC(=O)c2ccco2)cc1. The average Bonchev–Trinajstić information content (AvgIpc) is 3.11. The lowest BCUT2D eigenvalue weighted by atomic mass is 10.2. The van der Waals surface area contributed by atoms with Crippen LogP contribution in [0.4, 0.5) is 11.4 Å². The van der Waals surface area contributed by atoms with Crippen LogP contribution in [0.25, 0.3) is 0 Å². The van der Waals surface area contributed by atoms with Crippen molar-refractivity contribution < 1.29 is 9.21 Å². The summed E-state index contributed by atoms with van der Waals surface area (Å²) < 4.78 is 5.08. The highest BCUT2D eigenvalue weighted by molar-refractivity contribution is 6.02. The highest BCUT2D eigenvalue weighted by atomic mass is 16.3. The predicted octanol–water partition coefficient (Wildman–Crippen LogP) is 4.17. The van der Waals surface area contributed by atoms with E-state index in [4.69, 9.17) is 4.42 Å². The molecule has 0 aliphatic rings. The van der Waals surface area contributed by atoms with Gasteiger partial charge in [0.1, 0.15) is 0 Å². The molecule has 0 spiro atoms. The largest absolute Gasteiger partial charge is 0.459 e. The first-order valence-corrected chi connectivity index (χ1v) is 7.42. The molecule has 0 aliphatic heterocycles. The number of nitrogens with zero attached hydrogens (tertiary/aromatic N) is 1. The fourth-order valence-corrected chi connectivity index (χ4v) is 2.35. The Morgan fingerprint density at radius 1 is 1.00 bits per heavy atom. The van der Waals surface area contributed by atoms with Gasteiger partial charge < -0.3 is 14.6 Å². The topological polar surface area (TPSA) is 45.5 Å². The van der Waals surface area contributed by atoms with Crippen molar-refractivity contribution in [1.82, 2.24) is 0 Å². The summed E-state index contributed by atoms with van der Waals surface area (Å²) in [7, 11) is 2.05. The molecule has 0 atom stereocenters. The lowest BCUT2D eigenvalue weighted by Crippen LogP contribution is -2.16. The number of nitrogens with one attached hydrogen (secondary N) is 1. The van der Waals surface area contributed by atoms with E-state index >= 15 is 0 Å². The van der Waals surface area contributed by atoms with Gasteiger partial charge in [-0.15, -0.1) is 0 Å². The number of benzene rings is 2. The van der Waals surface area contributed by atoms with Gasteiger partial charge >= 0.3 is 0 Å². The van der Waals surface area contributed by atoms with E-state index in [9.17, 15) is 4.79 Å². The van der Waals surface area contributed by atoms with E-state index in [0.29, 0.717) is 5.76 Å². The quantitative estimate of drug-likeness (QED) is 0.769. The molecule has 1 aromatic heterocycles. The van der Waals surface area contributed by atoms with E-state index in [1.165, 1.54) is 11.8 Å². The van der Waals surface area contributed by atoms with Gasteiger partial charge in [0.15, 0.2) is 5.76 Å². The van der Waals surface area contributed by atoms with Crippen molar-refractivity contribution in [3.63, 3.8) is 0 Å². The monoisotopic (exact) mass is 306 g/mol. The average molecular weight is 306 g/mol. The van der Waals surface area contributed by atoms with Crippen LogP contribution in [0.15, 0.2) is 77.4 Å². The van der Waals surface area contributed by atoms with Crippen LogP contribution in [0.2, 0.25) is 0 Å². The van der Waals surface area contributed by atoms with Crippen LogP contribution in [0.1, 0.15) is 16.1 Å². The number of amides is 1. The molecule has 3 aromatic rings. The van der Waals surface area contributed by atoms with Gasteiger partial charge in [-0.1, -0.05) is 30.3 Å². The summed E-state index contributed by atoms with van der Waals surface area (Å²) >= 11 is 0. The van der Waals surface area contributed by atoms with E-state index in [0.717, 1.165) is 17.9 Å². The third-order valence-corrected chi connectivity index (χ3v) is 3.57. The molecule has 4 heteroatoms. The van der Waals surface area contributed by atoms with Crippen molar-refractivity contribution in [2.75, 3.05) is 17.3 Å². The number of hydrogen-bond donors (Lipinski definition) is 1. The van der Waals surface area contributed by atoms with E-state index in [1.807, 2.05) is 49.5 Å². The molecule has 23 heavy (non-hydrogen) atoms. The van der Waals surface area contributed by atoms with Crippen molar-refractivity contribution in [1.29, 1.82) is 0 Å². The van der Waals surface area contributed by atoms with E-state index in [-0.39, 0.29) is 5.91 Å². The molecule has 3 rings (SSSR count). The Morgan fingerprint density at radius 3 is 2.39 bits per heavy atom. The van der Waals surface area contributed by atoms with Crippen LogP contribution >= 0.6 is 0 Å². The zero-order valence-electron chi connectivity index (χ0n) is 12.9. The van der Waals surface area contributed by atoms with Crippen molar-refractivity contribution >= 4 is 17.3 Å². The molecule has 116 valence electrons. The fraction of sp³-hybridized carbons (Fsp3) is 0.105. The normalized spacial score (nSPS) is 10.3. The minimum atomic E-state index is -0.250. The van der Waals surface area contributed by atoms with E-state index in [2.05, 4.69) is 22.3 Å². The first-order chi connectivity index (χ1) is 11.2. The summed E-state index contributed by atoms with van der Waals surface area (Å²) in [6, 6.07) is 21.4. The Labute approximate surface area is 135 Å². The van der Waals surface area contributed by atoms with Crippen molar-refractivity contribution in [3.05, 3.63) is 84.3 Å². The number of rotatable bonds is 5. The maximum atomic E-state index is 11.9. The molecule has 1 heterocycles. The molecule has 0 aliphatic carbocycles. The van der Waals surface area contributed by atoms with Crippen LogP contribution in [0.3, 0.4) is 0 Å². The summed E-state index contributed by atoms with van der Waals surface area (Å²) in [6.45, 7) is 0.832. The standard InChI is InChI=1S/C19H18N2O2/c1-21(14-15-6-3-2-4-7-15)17-11-9-16(10-12-17)20-19(22)18-8-5-13-23-18/h2-13H,14H2,1H3,(H,20,22). The summed E-state index contributed by atoms with van der Waals surface area (Å²) in [5.74, 6) is 0.0515. The van der Waals surface area contributed by atoms with Gasteiger partial charge in [-0.3, -0.25) is 4.79 Å². The minimum Gasteiger partial charge on any atom is -0.459 e. The molecule has 0 saturated carbocycles. The molecule has 0 bridgehead atoms. The van der Waals surface area contributed by atoms with Crippen LogP contribution in [-0.4, -0.2) is 13.0 Å². The van der Waals surface area contributed by atoms with Gasteiger partial charge in [0.05, 0.1) is 6.26 Å². The van der Waals surface area contributed by atoms with Gasteiger partial charge in [-0.25, -0.2) is 0 Å². The first kappa shape index (κ1) is 14.9. The summed E-state index contributed by atoms with van der Waals surface area (Å²) in [6.07, 6.45) is 1.48. The maximum absolute atomic E-state index is 11.9. The van der Waals surface area contributed by atoms with Crippen LogP contribution in [0, 0.1) is 0 Å². The zero-order chi connectivity index (χ0) is 16.1. The smallest absolute Gasteiger partial charge is 0.291 e. The second-order valence-electron chi connectivity index (χ2n) is 5.32. The predicted molar refractivity (Wildman–Crippen MR) is 91.7 cm³/mol. The Hall–Kier alpha value is -3.01. The lowest BCUT2D eigenvalue weighted by molar-refractivity contribution is 0.0996. The van der Waals surface area contributed by atoms with Gasteiger partial charge in [-0.05, 0) is 42.0 Å². The van der Waals surface area contributed by atoms with E-state index in [1.54, 1.807) is 12.1 Å². The molecule has 2 aromatic carbocycles. The molecule has 0 radical (unpaired) electrons. The number of carbonyl (C=O) groups excluding carboxylic acids is 1. The summed E-state index contributed by atoms with van der Waals surface area (Å²) in [5, 5.41) is 2.81. The molecule has 1 N–H and O–H groups in total. The summed E-state index contributed by atoms with van der Waals surface area (Å²) in [4.78, 5) is 14.1. The Kier molecular flexibility index (Phi) is 4.43. The molecule has 1 amide bonds. The van der Waals surface area contributed by atoms with Crippen LogP contribution < -0.4 is 10.2 Å². The minimum absolute atomic E-state index is 0.250. The van der Waals surface area contributed by atoms with Crippen molar-refractivity contribution in [2.24, 2.45) is 0 Å². The van der Waals surface area contributed by atoms with Crippen LogP contribution in [0.5, 0.6) is 0 Å².